The number of ether oxygens (including phenoxy) is 1. The highest BCUT2D eigenvalue weighted by Crippen LogP contribution is 2.23. The van der Waals surface area contributed by atoms with Crippen molar-refractivity contribution in [3.63, 3.8) is 0 Å². The highest BCUT2D eigenvalue weighted by atomic mass is 16.5. The lowest BCUT2D eigenvalue weighted by Gasteiger charge is -2.32. The maximum Gasteiger partial charge on any atom is 0.274 e. The van der Waals surface area contributed by atoms with Crippen LogP contribution in [0.3, 0.4) is 0 Å². The van der Waals surface area contributed by atoms with Crippen LogP contribution in [0.2, 0.25) is 0 Å². The molecule has 0 spiro atoms. The Kier molecular flexibility index (Phi) is 4.98. The van der Waals surface area contributed by atoms with Crippen molar-refractivity contribution in [3.05, 3.63) is 35.4 Å². The smallest absolute Gasteiger partial charge is 0.274 e. The van der Waals surface area contributed by atoms with Crippen LogP contribution < -0.4 is 4.90 Å². The van der Waals surface area contributed by atoms with Gasteiger partial charge in [0, 0.05) is 32.5 Å². The van der Waals surface area contributed by atoms with Gasteiger partial charge in [0.15, 0.2) is 0 Å². The topological polar surface area (TPSA) is 87.2 Å². The van der Waals surface area contributed by atoms with E-state index in [4.69, 9.17) is 4.74 Å². The van der Waals surface area contributed by atoms with Crippen LogP contribution in [0.15, 0.2) is 18.3 Å². The van der Waals surface area contributed by atoms with Crippen LogP contribution in [0.4, 0.5) is 5.95 Å². The molecule has 1 aliphatic rings. The van der Waals surface area contributed by atoms with E-state index in [9.17, 15) is 4.79 Å². The van der Waals surface area contributed by atoms with Crippen molar-refractivity contribution in [2.75, 3.05) is 38.7 Å². The van der Waals surface area contributed by atoms with Crippen molar-refractivity contribution in [2.45, 2.75) is 25.9 Å². The summed E-state index contributed by atoms with van der Waals surface area (Å²) in [6.45, 7) is 5.59. The van der Waals surface area contributed by atoms with Crippen molar-refractivity contribution < 1.29 is 9.53 Å². The van der Waals surface area contributed by atoms with Gasteiger partial charge < -0.3 is 14.5 Å². The first-order valence-electron chi connectivity index (χ1n) is 8.42. The van der Waals surface area contributed by atoms with E-state index in [-0.39, 0.29) is 12.0 Å². The summed E-state index contributed by atoms with van der Waals surface area (Å²) < 4.78 is 5.83. The van der Waals surface area contributed by atoms with Gasteiger partial charge in [-0.2, -0.15) is 5.10 Å². The van der Waals surface area contributed by atoms with Gasteiger partial charge in [0.1, 0.15) is 11.8 Å². The first kappa shape index (κ1) is 17.3. The van der Waals surface area contributed by atoms with E-state index in [1.807, 2.05) is 31.1 Å². The van der Waals surface area contributed by atoms with Crippen molar-refractivity contribution in [3.8, 4) is 0 Å². The maximum absolute atomic E-state index is 12.7. The molecular formula is C17H24N6O2. The maximum atomic E-state index is 12.7. The SMILES string of the molecule is CC(C)c1cc(C(=O)N2CCOC(c3ccnc(N(C)C)n3)C2)n[nH]1. The second-order valence-corrected chi connectivity index (χ2v) is 6.65. The zero-order valence-electron chi connectivity index (χ0n) is 15.1. The number of nitrogens with zero attached hydrogens (tertiary/aromatic N) is 5. The largest absolute Gasteiger partial charge is 0.368 e. The van der Waals surface area contributed by atoms with Gasteiger partial charge in [0.2, 0.25) is 5.95 Å². The molecule has 2 aromatic heterocycles. The third-order valence-corrected chi connectivity index (χ3v) is 4.19. The number of hydrogen-bond donors (Lipinski definition) is 1. The molecule has 1 N–H and O–H groups in total. The molecule has 0 radical (unpaired) electrons. The Balaban J connectivity index is 1.74. The number of morpholine rings is 1. The molecule has 1 atom stereocenters. The summed E-state index contributed by atoms with van der Waals surface area (Å²) in [6.07, 6.45) is 1.45. The standard InChI is InChI=1S/C17H24N6O2/c1-11(2)13-9-14(21-20-13)16(24)23-7-8-25-15(10-23)12-5-6-18-17(19-12)22(3)4/h5-6,9,11,15H,7-8,10H2,1-4H3,(H,20,21). The molecule has 3 heterocycles. The van der Waals surface area contributed by atoms with E-state index in [1.54, 1.807) is 11.1 Å². The van der Waals surface area contributed by atoms with E-state index in [1.165, 1.54) is 0 Å². The quantitative estimate of drug-likeness (QED) is 0.906. The average Bonchev–Trinajstić information content (AvgIpc) is 3.12. The number of hydrogen-bond acceptors (Lipinski definition) is 6. The Hall–Kier alpha value is -2.48. The van der Waals surface area contributed by atoms with Gasteiger partial charge in [0.05, 0.1) is 18.8 Å². The van der Waals surface area contributed by atoms with Crippen molar-refractivity contribution in [1.82, 2.24) is 25.1 Å². The zero-order chi connectivity index (χ0) is 18.0. The molecule has 0 saturated carbocycles. The van der Waals surface area contributed by atoms with E-state index in [0.717, 1.165) is 11.4 Å². The molecule has 8 nitrogen and oxygen atoms in total. The summed E-state index contributed by atoms with van der Waals surface area (Å²) in [7, 11) is 3.78. The number of aromatic nitrogens is 4. The Morgan fingerprint density at radius 1 is 1.44 bits per heavy atom. The molecule has 25 heavy (non-hydrogen) atoms. The number of amides is 1. The van der Waals surface area contributed by atoms with Gasteiger partial charge in [-0.25, -0.2) is 9.97 Å². The average molecular weight is 344 g/mol. The van der Waals surface area contributed by atoms with Gasteiger partial charge in [-0.05, 0) is 18.1 Å². The predicted octanol–water partition coefficient (Wildman–Crippen LogP) is 1.60. The Labute approximate surface area is 147 Å². The Morgan fingerprint density at radius 3 is 2.92 bits per heavy atom. The van der Waals surface area contributed by atoms with Crippen molar-refractivity contribution in [1.29, 1.82) is 0 Å². The van der Waals surface area contributed by atoms with Crippen molar-refractivity contribution >= 4 is 11.9 Å². The van der Waals surface area contributed by atoms with Crippen LogP contribution in [-0.4, -0.2) is 64.8 Å². The minimum Gasteiger partial charge on any atom is -0.368 e. The lowest BCUT2D eigenvalue weighted by molar-refractivity contribution is -0.0249. The molecular weight excluding hydrogens is 320 g/mol. The van der Waals surface area contributed by atoms with Crippen molar-refractivity contribution in [2.24, 2.45) is 0 Å². The summed E-state index contributed by atoms with van der Waals surface area (Å²) in [5, 5.41) is 7.09. The number of aromatic amines is 1. The molecule has 1 saturated heterocycles. The van der Waals surface area contributed by atoms with E-state index in [2.05, 4.69) is 34.0 Å². The molecule has 2 aromatic rings. The molecule has 3 rings (SSSR count). The monoisotopic (exact) mass is 344 g/mol. The molecule has 8 heteroatoms. The minimum absolute atomic E-state index is 0.0849. The predicted molar refractivity (Wildman–Crippen MR) is 93.6 cm³/mol. The molecule has 0 aliphatic carbocycles. The number of anilines is 1. The van der Waals surface area contributed by atoms with E-state index >= 15 is 0 Å². The first-order chi connectivity index (χ1) is 12.0. The second-order valence-electron chi connectivity index (χ2n) is 6.65. The van der Waals surface area contributed by atoms with E-state index in [0.29, 0.717) is 37.3 Å². The van der Waals surface area contributed by atoms with Gasteiger partial charge in [-0.1, -0.05) is 13.8 Å². The Bertz CT molecular complexity index is 742. The molecule has 1 fully saturated rings. The summed E-state index contributed by atoms with van der Waals surface area (Å²) in [6, 6.07) is 3.66. The molecule has 1 amide bonds. The van der Waals surface area contributed by atoms with Gasteiger partial charge in [-0.3, -0.25) is 9.89 Å². The van der Waals surface area contributed by atoms with Crippen LogP contribution in [-0.2, 0) is 4.74 Å². The third-order valence-electron chi connectivity index (χ3n) is 4.19. The molecule has 1 unspecified atom stereocenters. The fraction of sp³-hybridized carbons (Fsp3) is 0.529. The fourth-order valence-electron chi connectivity index (χ4n) is 2.67. The normalized spacial score (nSPS) is 17.8. The minimum atomic E-state index is -0.261. The highest BCUT2D eigenvalue weighted by Gasteiger charge is 2.28. The third kappa shape index (κ3) is 3.79. The van der Waals surface area contributed by atoms with Crippen LogP contribution in [0.25, 0.3) is 0 Å². The zero-order valence-corrected chi connectivity index (χ0v) is 15.1. The molecule has 0 bridgehead atoms. The summed E-state index contributed by atoms with van der Waals surface area (Å²) in [4.78, 5) is 25.1. The molecule has 1 aliphatic heterocycles. The number of H-pyrrole nitrogens is 1. The van der Waals surface area contributed by atoms with Crippen LogP contribution in [0.1, 0.15) is 47.7 Å². The summed E-state index contributed by atoms with van der Waals surface area (Å²) in [5.74, 6) is 0.841. The molecule has 134 valence electrons. The van der Waals surface area contributed by atoms with Gasteiger partial charge in [-0.15, -0.1) is 0 Å². The second kappa shape index (κ2) is 7.18. The van der Waals surface area contributed by atoms with Crippen LogP contribution in [0.5, 0.6) is 0 Å². The highest BCUT2D eigenvalue weighted by molar-refractivity contribution is 5.92. The van der Waals surface area contributed by atoms with Crippen LogP contribution in [0, 0.1) is 0 Å². The number of carbonyl (C=O) groups is 1. The van der Waals surface area contributed by atoms with Gasteiger partial charge in [0.25, 0.3) is 5.91 Å². The number of carbonyl (C=O) groups excluding carboxylic acids is 1. The fourth-order valence-corrected chi connectivity index (χ4v) is 2.67. The summed E-state index contributed by atoms with van der Waals surface area (Å²) >= 11 is 0. The number of rotatable bonds is 4. The lowest BCUT2D eigenvalue weighted by atomic mass is 10.1. The Morgan fingerprint density at radius 2 is 2.24 bits per heavy atom. The van der Waals surface area contributed by atoms with Gasteiger partial charge >= 0.3 is 0 Å². The first-order valence-corrected chi connectivity index (χ1v) is 8.42. The lowest BCUT2D eigenvalue weighted by Crippen LogP contribution is -2.42. The van der Waals surface area contributed by atoms with E-state index < -0.39 is 0 Å². The van der Waals surface area contributed by atoms with Crippen LogP contribution >= 0.6 is 0 Å². The summed E-state index contributed by atoms with van der Waals surface area (Å²) in [5.41, 5.74) is 2.18. The molecule has 0 aromatic carbocycles. The number of nitrogens with one attached hydrogen (secondary N) is 1.